The van der Waals surface area contributed by atoms with Crippen molar-refractivity contribution in [1.29, 1.82) is 0 Å². The van der Waals surface area contributed by atoms with E-state index in [1.54, 1.807) is 11.8 Å². The van der Waals surface area contributed by atoms with E-state index in [0.717, 1.165) is 30.6 Å². The molecule has 4 nitrogen and oxygen atoms in total. The van der Waals surface area contributed by atoms with E-state index in [9.17, 15) is 0 Å². The van der Waals surface area contributed by atoms with Crippen LogP contribution in [0.4, 0.5) is 0 Å². The predicted octanol–water partition coefficient (Wildman–Crippen LogP) is 2.99. The highest BCUT2D eigenvalue weighted by Crippen LogP contribution is 2.27. The van der Waals surface area contributed by atoms with Gasteiger partial charge >= 0.3 is 0 Å². The lowest BCUT2D eigenvalue weighted by molar-refractivity contribution is 0.337. The molecule has 0 radical (unpaired) electrons. The second-order valence-electron chi connectivity index (χ2n) is 5.39. The third kappa shape index (κ3) is 3.04. The minimum absolute atomic E-state index is 0.362. The molecule has 0 aliphatic carbocycles. The standard InChI is InChI=1S/C15H19N3OS/c1-10-3-5-12(6-4-10)20-9-14-17-15(19-18-14)13-8-16-7-11(13)2/h3-6,11,13,16H,7-9H2,1-2H3. The van der Waals surface area contributed by atoms with Gasteiger partial charge in [-0.25, -0.2) is 0 Å². The third-order valence-corrected chi connectivity index (χ3v) is 4.72. The molecule has 0 bridgehead atoms. The van der Waals surface area contributed by atoms with E-state index < -0.39 is 0 Å². The second kappa shape index (κ2) is 5.97. The van der Waals surface area contributed by atoms with Gasteiger partial charge in [0.25, 0.3) is 0 Å². The van der Waals surface area contributed by atoms with Crippen LogP contribution in [-0.4, -0.2) is 23.2 Å². The summed E-state index contributed by atoms with van der Waals surface area (Å²) in [6, 6.07) is 8.50. The molecule has 0 amide bonds. The molecule has 1 N–H and O–H groups in total. The van der Waals surface area contributed by atoms with Gasteiger partial charge in [0.2, 0.25) is 5.89 Å². The Labute approximate surface area is 123 Å². The maximum Gasteiger partial charge on any atom is 0.231 e. The molecule has 1 aromatic heterocycles. The first-order chi connectivity index (χ1) is 9.72. The maximum absolute atomic E-state index is 5.41. The van der Waals surface area contributed by atoms with Crippen molar-refractivity contribution >= 4 is 11.8 Å². The fraction of sp³-hybridized carbons (Fsp3) is 0.467. The molecule has 1 fully saturated rings. The molecule has 5 heteroatoms. The highest BCUT2D eigenvalue weighted by Gasteiger charge is 2.29. The van der Waals surface area contributed by atoms with Crippen molar-refractivity contribution in [2.24, 2.45) is 5.92 Å². The number of nitrogens with one attached hydrogen (secondary N) is 1. The Morgan fingerprint density at radius 2 is 2.10 bits per heavy atom. The number of benzene rings is 1. The number of aryl methyl sites for hydroxylation is 1. The number of nitrogens with zero attached hydrogens (tertiary/aromatic N) is 2. The molecule has 106 valence electrons. The van der Waals surface area contributed by atoms with Gasteiger partial charge in [-0.3, -0.25) is 0 Å². The topological polar surface area (TPSA) is 51.0 Å². The molecule has 0 spiro atoms. The molecule has 20 heavy (non-hydrogen) atoms. The lowest BCUT2D eigenvalue weighted by atomic mass is 9.98. The van der Waals surface area contributed by atoms with Gasteiger partial charge in [-0.05, 0) is 31.5 Å². The van der Waals surface area contributed by atoms with Crippen LogP contribution in [0, 0.1) is 12.8 Å². The van der Waals surface area contributed by atoms with Gasteiger partial charge in [0.05, 0.1) is 11.7 Å². The van der Waals surface area contributed by atoms with Gasteiger partial charge in [0, 0.05) is 11.4 Å². The molecule has 1 saturated heterocycles. The van der Waals surface area contributed by atoms with E-state index in [1.165, 1.54) is 10.5 Å². The quantitative estimate of drug-likeness (QED) is 0.877. The Kier molecular flexibility index (Phi) is 4.08. The Hall–Kier alpha value is -1.33. The van der Waals surface area contributed by atoms with Gasteiger partial charge in [-0.1, -0.05) is 29.8 Å². The first kappa shape index (κ1) is 13.6. The normalized spacial score (nSPS) is 22.3. The highest BCUT2D eigenvalue weighted by atomic mass is 32.2. The van der Waals surface area contributed by atoms with Crippen molar-refractivity contribution in [3.05, 3.63) is 41.5 Å². The average molecular weight is 289 g/mol. The molecule has 1 aliphatic heterocycles. The third-order valence-electron chi connectivity index (χ3n) is 3.71. The van der Waals surface area contributed by atoms with Crippen LogP contribution in [0.1, 0.15) is 30.1 Å². The van der Waals surface area contributed by atoms with Crippen molar-refractivity contribution in [2.75, 3.05) is 13.1 Å². The van der Waals surface area contributed by atoms with Gasteiger partial charge < -0.3 is 9.84 Å². The molecular weight excluding hydrogens is 270 g/mol. The number of rotatable bonds is 4. The first-order valence-corrected chi connectivity index (χ1v) is 7.93. The largest absolute Gasteiger partial charge is 0.339 e. The molecular formula is C15H19N3OS. The van der Waals surface area contributed by atoms with E-state index in [1.807, 2.05) is 0 Å². The summed E-state index contributed by atoms with van der Waals surface area (Å²) in [4.78, 5) is 5.77. The predicted molar refractivity (Wildman–Crippen MR) is 79.8 cm³/mol. The number of aromatic nitrogens is 2. The van der Waals surface area contributed by atoms with Crippen LogP contribution in [0.15, 0.2) is 33.7 Å². The molecule has 2 unspecified atom stereocenters. The van der Waals surface area contributed by atoms with Crippen molar-refractivity contribution in [3.63, 3.8) is 0 Å². The van der Waals surface area contributed by atoms with Crippen LogP contribution < -0.4 is 5.32 Å². The van der Waals surface area contributed by atoms with Crippen LogP contribution in [-0.2, 0) is 5.75 Å². The molecule has 3 rings (SSSR count). The van der Waals surface area contributed by atoms with Crippen LogP contribution in [0.3, 0.4) is 0 Å². The van der Waals surface area contributed by atoms with Crippen LogP contribution >= 0.6 is 11.8 Å². The van der Waals surface area contributed by atoms with Crippen LogP contribution in [0.2, 0.25) is 0 Å². The van der Waals surface area contributed by atoms with Gasteiger partial charge in [0.1, 0.15) is 0 Å². The highest BCUT2D eigenvalue weighted by molar-refractivity contribution is 7.98. The zero-order valence-electron chi connectivity index (χ0n) is 11.8. The summed E-state index contributed by atoms with van der Waals surface area (Å²) < 4.78 is 5.41. The van der Waals surface area contributed by atoms with E-state index in [0.29, 0.717) is 11.8 Å². The summed E-state index contributed by atoms with van der Waals surface area (Å²) >= 11 is 1.74. The van der Waals surface area contributed by atoms with Crippen molar-refractivity contribution in [1.82, 2.24) is 15.5 Å². The van der Waals surface area contributed by atoms with Crippen molar-refractivity contribution in [2.45, 2.75) is 30.4 Å². The summed E-state index contributed by atoms with van der Waals surface area (Å²) in [5, 5.41) is 7.45. The second-order valence-corrected chi connectivity index (χ2v) is 6.44. The van der Waals surface area contributed by atoms with E-state index >= 15 is 0 Å². The monoisotopic (exact) mass is 289 g/mol. The summed E-state index contributed by atoms with van der Waals surface area (Å²) in [6.45, 7) is 6.28. The Bertz CT molecular complexity index is 567. The van der Waals surface area contributed by atoms with Gasteiger partial charge in [0.15, 0.2) is 5.82 Å². The minimum atomic E-state index is 0.362. The van der Waals surface area contributed by atoms with Gasteiger partial charge in [-0.15, -0.1) is 11.8 Å². The summed E-state index contributed by atoms with van der Waals surface area (Å²) in [7, 11) is 0. The molecule has 0 saturated carbocycles. The lowest BCUT2D eigenvalue weighted by Crippen LogP contribution is -2.08. The zero-order chi connectivity index (χ0) is 13.9. The van der Waals surface area contributed by atoms with Gasteiger partial charge in [-0.2, -0.15) is 4.98 Å². The molecule has 1 aliphatic rings. The van der Waals surface area contributed by atoms with E-state index in [4.69, 9.17) is 4.52 Å². The first-order valence-electron chi connectivity index (χ1n) is 6.95. The fourth-order valence-corrected chi connectivity index (χ4v) is 3.14. The number of hydrogen-bond donors (Lipinski definition) is 1. The summed E-state index contributed by atoms with van der Waals surface area (Å²) in [6.07, 6.45) is 0. The Balaban J connectivity index is 1.61. The van der Waals surface area contributed by atoms with Crippen molar-refractivity contribution < 1.29 is 4.52 Å². The van der Waals surface area contributed by atoms with Crippen molar-refractivity contribution in [3.8, 4) is 0 Å². The molecule has 2 aromatic rings. The molecule has 1 aromatic carbocycles. The number of hydrogen-bond acceptors (Lipinski definition) is 5. The Morgan fingerprint density at radius 1 is 1.30 bits per heavy atom. The summed E-state index contributed by atoms with van der Waals surface area (Å²) in [5.74, 6) is 3.24. The Morgan fingerprint density at radius 3 is 2.80 bits per heavy atom. The molecule has 2 atom stereocenters. The lowest BCUT2D eigenvalue weighted by Gasteiger charge is -2.07. The summed E-state index contributed by atoms with van der Waals surface area (Å²) in [5.41, 5.74) is 1.28. The SMILES string of the molecule is Cc1ccc(SCc2noc(C3CNCC3C)n2)cc1. The minimum Gasteiger partial charge on any atom is -0.339 e. The smallest absolute Gasteiger partial charge is 0.231 e. The average Bonchev–Trinajstić information content (AvgIpc) is 3.06. The zero-order valence-corrected chi connectivity index (χ0v) is 12.6. The van der Waals surface area contributed by atoms with E-state index in [-0.39, 0.29) is 0 Å². The fourth-order valence-electron chi connectivity index (χ4n) is 2.40. The van der Waals surface area contributed by atoms with Crippen LogP contribution in [0.25, 0.3) is 0 Å². The molecule has 2 heterocycles. The number of thioether (sulfide) groups is 1. The maximum atomic E-state index is 5.41. The van der Waals surface area contributed by atoms with E-state index in [2.05, 4.69) is 53.6 Å². The van der Waals surface area contributed by atoms with Crippen LogP contribution in [0.5, 0.6) is 0 Å².